The first-order valence-electron chi connectivity index (χ1n) is 6.51. The van der Waals surface area contributed by atoms with Crippen molar-refractivity contribution < 1.29 is 4.39 Å². The predicted molar refractivity (Wildman–Crippen MR) is 89.3 cm³/mol. The van der Waals surface area contributed by atoms with Gasteiger partial charge in [-0.25, -0.2) is 9.38 Å². The Hall–Kier alpha value is -0.850. The first-order valence-corrected chi connectivity index (χ1v) is 6.51. The SMILES string of the molecule is CCCCCCNC(N)=NCc1ccccc1F.I. The summed E-state index contributed by atoms with van der Waals surface area (Å²) < 4.78 is 13.3. The molecule has 0 aliphatic rings. The molecular weight excluding hydrogens is 356 g/mol. The second kappa shape index (κ2) is 11.0. The van der Waals surface area contributed by atoms with E-state index < -0.39 is 0 Å². The monoisotopic (exact) mass is 379 g/mol. The van der Waals surface area contributed by atoms with Crippen LogP contribution in [0.1, 0.15) is 38.2 Å². The Labute approximate surface area is 131 Å². The largest absolute Gasteiger partial charge is 0.370 e. The molecule has 0 bridgehead atoms. The number of guanidine groups is 1. The molecule has 0 radical (unpaired) electrons. The molecule has 108 valence electrons. The van der Waals surface area contributed by atoms with Crippen LogP contribution < -0.4 is 11.1 Å². The number of hydrogen-bond donors (Lipinski definition) is 2. The van der Waals surface area contributed by atoms with Crippen LogP contribution in [-0.4, -0.2) is 12.5 Å². The van der Waals surface area contributed by atoms with Gasteiger partial charge in [-0.2, -0.15) is 0 Å². The Morgan fingerprint density at radius 2 is 2.00 bits per heavy atom. The maximum Gasteiger partial charge on any atom is 0.188 e. The Bertz CT molecular complexity index is 383. The fraction of sp³-hybridized carbons (Fsp3) is 0.500. The topological polar surface area (TPSA) is 50.4 Å². The van der Waals surface area contributed by atoms with Crippen LogP contribution in [0.25, 0.3) is 0 Å². The van der Waals surface area contributed by atoms with Gasteiger partial charge in [0.2, 0.25) is 0 Å². The number of halogens is 2. The summed E-state index contributed by atoms with van der Waals surface area (Å²) in [6.45, 7) is 3.28. The molecule has 0 saturated carbocycles. The van der Waals surface area contributed by atoms with Crippen LogP contribution in [0.15, 0.2) is 29.3 Å². The molecular formula is C14H23FIN3. The fourth-order valence-electron chi connectivity index (χ4n) is 1.62. The van der Waals surface area contributed by atoms with Gasteiger partial charge in [-0.05, 0) is 12.5 Å². The molecule has 0 heterocycles. The lowest BCUT2D eigenvalue weighted by molar-refractivity contribution is 0.610. The summed E-state index contributed by atoms with van der Waals surface area (Å²) in [5.74, 6) is 0.145. The maximum atomic E-state index is 13.3. The smallest absolute Gasteiger partial charge is 0.188 e. The third kappa shape index (κ3) is 8.02. The summed E-state index contributed by atoms with van der Waals surface area (Å²) in [5.41, 5.74) is 6.27. The second-order valence-corrected chi connectivity index (χ2v) is 4.28. The lowest BCUT2D eigenvalue weighted by atomic mass is 10.2. The van der Waals surface area contributed by atoms with E-state index in [-0.39, 0.29) is 36.3 Å². The van der Waals surface area contributed by atoms with E-state index in [4.69, 9.17) is 5.73 Å². The second-order valence-electron chi connectivity index (χ2n) is 4.28. The lowest BCUT2D eigenvalue weighted by Gasteiger charge is -2.05. The normalized spacial score (nSPS) is 10.9. The molecule has 0 aliphatic carbocycles. The van der Waals surface area contributed by atoms with E-state index >= 15 is 0 Å². The molecule has 3 nitrogen and oxygen atoms in total. The van der Waals surface area contributed by atoms with Crippen LogP contribution >= 0.6 is 24.0 Å². The Kier molecular flexibility index (Phi) is 10.5. The van der Waals surface area contributed by atoms with Crippen molar-refractivity contribution in [2.75, 3.05) is 6.54 Å². The van der Waals surface area contributed by atoms with Gasteiger partial charge in [0, 0.05) is 12.1 Å². The standard InChI is InChI=1S/C14H22FN3.HI/c1-2-3-4-7-10-17-14(16)18-11-12-8-5-6-9-13(12)15;/h5-6,8-9H,2-4,7,10-11H2,1H3,(H3,16,17,18);1H. The molecule has 1 rings (SSSR count). The molecule has 1 aromatic carbocycles. The van der Waals surface area contributed by atoms with Gasteiger partial charge in [-0.1, -0.05) is 44.4 Å². The molecule has 0 aliphatic heterocycles. The van der Waals surface area contributed by atoms with E-state index in [1.807, 2.05) is 0 Å². The minimum absolute atomic E-state index is 0. The number of nitrogens with one attached hydrogen (secondary N) is 1. The van der Waals surface area contributed by atoms with Gasteiger partial charge in [-0.15, -0.1) is 24.0 Å². The van der Waals surface area contributed by atoms with Crippen molar-refractivity contribution in [3.05, 3.63) is 35.6 Å². The van der Waals surface area contributed by atoms with Gasteiger partial charge in [0.05, 0.1) is 6.54 Å². The van der Waals surface area contributed by atoms with Crippen LogP contribution in [0.2, 0.25) is 0 Å². The van der Waals surface area contributed by atoms with Gasteiger partial charge in [0.1, 0.15) is 5.82 Å². The van der Waals surface area contributed by atoms with E-state index in [0.29, 0.717) is 11.5 Å². The molecule has 1 aromatic rings. The lowest BCUT2D eigenvalue weighted by Crippen LogP contribution is -2.32. The molecule has 0 atom stereocenters. The van der Waals surface area contributed by atoms with Crippen molar-refractivity contribution in [1.29, 1.82) is 0 Å². The van der Waals surface area contributed by atoms with Crippen molar-refractivity contribution in [3.63, 3.8) is 0 Å². The molecule has 5 heteroatoms. The van der Waals surface area contributed by atoms with Gasteiger partial charge < -0.3 is 11.1 Å². The number of aliphatic imine (C=N–C) groups is 1. The van der Waals surface area contributed by atoms with Crippen LogP contribution in [0.4, 0.5) is 4.39 Å². The molecule has 3 N–H and O–H groups in total. The maximum absolute atomic E-state index is 13.3. The van der Waals surface area contributed by atoms with Gasteiger partial charge in [0.25, 0.3) is 0 Å². The highest BCUT2D eigenvalue weighted by Gasteiger charge is 1.99. The van der Waals surface area contributed by atoms with Gasteiger partial charge in [0.15, 0.2) is 5.96 Å². The minimum Gasteiger partial charge on any atom is -0.370 e. The van der Waals surface area contributed by atoms with Crippen LogP contribution in [-0.2, 0) is 6.54 Å². The van der Waals surface area contributed by atoms with Crippen LogP contribution in [0, 0.1) is 5.82 Å². The summed E-state index contributed by atoms with van der Waals surface area (Å²) in [5, 5.41) is 3.04. The summed E-state index contributed by atoms with van der Waals surface area (Å²) >= 11 is 0. The summed E-state index contributed by atoms with van der Waals surface area (Å²) in [4.78, 5) is 4.12. The zero-order chi connectivity index (χ0) is 13.2. The third-order valence-corrected chi connectivity index (χ3v) is 2.71. The molecule has 0 fully saturated rings. The van der Waals surface area contributed by atoms with Crippen molar-refractivity contribution in [2.24, 2.45) is 10.7 Å². The highest BCUT2D eigenvalue weighted by Crippen LogP contribution is 2.07. The van der Waals surface area contributed by atoms with Gasteiger partial charge >= 0.3 is 0 Å². The molecule has 0 unspecified atom stereocenters. The molecule has 0 spiro atoms. The summed E-state index contributed by atoms with van der Waals surface area (Å²) in [6, 6.07) is 6.60. The number of nitrogens with two attached hydrogens (primary N) is 1. The fourth-order valence-corrected chi connectivity index (χ4v) is 1.62. The Morgan fingerprint density at radius 1 is 1.26 bits per heavy atom. The quantitative estimate of drug-likeness (QED) is 0.330. The summed E-state index contributed by atoms with van der Waals surface area (Å²) in [7, 11) is 0. The van der Waals surface area contributed by atoms with Crippen molar-refractivity contribution in [2.45, 2.75) is 39.2 Å². The van der Waals surface area contributed by atoms with E-state index in [9.17, 15) is 4.39 Å². The third-order valence-electron chi connectivity index (χ3n) is 2.71. The number of unbranched alkanes of at least 4 members (excludes halogenated alkanes) is 3. The minimum atomic E-state index is -0.239. The number of hydrogen-bond acceptors (Lipinski definition) is 1. The van der Waals surface area contributed by atoms with Crippen molar-refractivity contribution in [1.82, 2.24) is 5.32 Å². The molecule has 0 saturated heterocycles. The van der Waals surface area contributed by atoms with Crippen LogP contribution in [0.3, 0.4) is 0 Å². The summed E-state index contributed by atoms with van der Waals surface area (Å²) in [6.07, 6.45) is 4.75. The Morgan fingerprint density at radius 3 is 2.68 bits per heavy atom. The zero-order valence-corrected chi connectivity index (χ0v) is 13.7. The van der Waals surface area contributed by atoms with Crippen molar-refractivity contribution >= 4 is 29.9 Å². The predicted octanol–water partition coefficient (Wildman–Crippen LogP) is 3.43. The van der Waals surface area contributed by atoms with Crippen molar-refractivity contribution in [3.8, 4) is 0 Å². The average molecular weight is 379 g/mol. The molecule has 19 heavy (non-hydrogen) atoms. The zero-order valence-electron chi connectivity index (χ0n) is 11.4. The molecule has 0 amide bonds. The Balaban J connectivity index is 0.00000324. The van der Waals surface area contributed by atoms with Crippen LogP contribution in [0.5, 0.6) is 0 Å². The van der Waals surface area contributed by atoms with E-state index in [1.165, 1.54) is 25.3 Å². The highest BCUT2D eigenvalue weighted by atomic mass is 127. The molecule has 0 aromatic heterocycles. The van der Waals surface area contributed by atoms with E-state index in [0.717, 1.165) is 13.0 Å². The average Bonchev–Trinajstić information content (AvgIpc) is 2.37. The number of nitrogens with zero attached hydrogens (tertiary/aromatic N) is 1. The van der Waals surface area contributed by atoms with E-state index in [1.54, 1.807) is 18.2 Å². The highest BCUT2D eigenvalue weighted by molar-refractivity contribution is 14.0. The van der Waals surface area contributed by atoms with E-state index in [2.05, 4.69) is 17.2 Å². The first-order chi connectivity index (χ1) is 8.74. The number of rotatable bonds is 7. The van der Waals surface area contributed by atoms with Gasteiger partial charge in [-0.3, -0.25) is 0 Å². The first kappa shape index (κ1) is 18.1. The number of benzene rings is 1.